The maximum absolute atomic E-state index is 12.1. The number of fused-ring (bicyclic) bond motifs is 3. The van der Waals surface area contributed by atoms with Crippen molar-refractivity contribution in [1.82, 2.24) is 0 Å². The Hall–Kier alpha value is -1.97. The minimum Gasteiger partial charge on any atom is -0.462 e. The van der Waals surface area contributed by atoms with Crippen LogP contribution < -0.4 is 5.32 Å². The number of carbonyl (C=O) groups excluding carboxylic acids is 1. The van der Waals surface area contributed by atoms with E-state index < -0.39 is 0 Å². The molecule has 2 aromatic rings. The quantitative estimate of drug-likeness (QED) is 0.518. The molecule has 0 bridgehead atoms. The summed E-state index contributed by atoms with van der Waals surface area (Å²) in [6.45, 7) is 2.19. The van der Waals surface area contributed by atoms with Crippen molar-refractivity contribution in [3.8, 4) is 0 Å². The molecule has 0 amide bonds. The van der Waals surface area contributed by atoms with E-state index in [-0.39, 0.29) is 17.9 Å². The van der Waals surface area contributed by atoms with Gasteiger partial charge in [-0.2, -0.15) is 0 Å². The van der Waals surface area contributed by atoms with Gasteiger partial charge >= 0.3 is 5.97 Å². The van der Waals surface area contributed by atoms with Gasteiger partial charge < -0.3 is 10.1 Å². The van der Waals surface area contributed by atoms with Crippen molar-refractivity contribution in [2.75, 3.05) is 11.9 Å². The third-order valence-electron chi connectivity index (χ3n) is 5.17. The second-order valence-electron chi connectivity index (χ2n) is 6.66. The Labute approximate surface area is 163 Å². The molecule has 2 aromatic carbocycles. The number of halogens is 2. The highest BCUT2D eigenvalue weighted by molar-refractivity contribution is 6.35. The van der Waals surface area contributed by atoms with E-state index in [2.05, 4.69) is 17.5 Å². The van der Waals surface area contributed by atoms with Crippen LogP contribution in [-0.4, -0.2) is 12.6 Å². The van der Waals surface area contributed by atoms with Gasteiger partial charge in [-0.1, -0.05) is 41.4 Å². The Balaban J connectivity index is 1.73. The lowest BCUT2D eigenvalue weighted by Crippen LogP contribution is -2.29. The minimum atomic E-state index is -0.281. The number of ether oxygens (including phenoxy) is 1. The number of hydrogen-bond acceptors (Lipinski definition) is 3. The minimum absolute atomic E-state index is 0.0979. The summed E-state index contributed by atoms with van der Waals surface area (Å²) in [5.74, 6) is 0.313. The first-order valence-corrected chi connectivity index (χ1v) is 9.53. The Bertz CT molecular complexity index is 894. The fourth-order valence-electron chi connectivity index (χ4n) is 4.00. The molecule has 0 unspecified atom stereocenters. The molecular formula is C21H19Cl2NO2. The Morgan fingerprint density at radius 2 is 2.04 bits per heavy atom. The number of hydrogen-bond donors (Lipinski definition) is 1. The smallest absolute Gasteiger partial charge is 0.338 e. The molecule has 0 spiro atoms. The summed E-state index contributed by atoms with van der Waals surface area (Å²) in [4.78, 5) is 12.1. The normalized spacial score (nSPS) is 23.1. The molecule has 26 heavy (non-hydrogen) atoms. The monoisotopic (exact) mass is 387 g/mol. The lowest BCUT2D eigenvalue weighted by Gasteiger charge is -2.38. The standard InChI is InChI=1S/C21H19Cl2NO2/c1-2-26-21(25)12-6-9-19-17(10-12)14-4-3-5-15(14)20(24-19)16-8-7-13(22)11-18(16)23/h3-4,6-11,14-15,20,24H,2,5H2,1H3/t14-,15-,20+/m1/s1. The van der Waals surface area contributed by atoms with E-state index >= 15 is 0 Å². The first-order valence-electron chi connectivity index (χ1n) is 8.77. The van der Waals surface area contributed by atoms with Gasteiger partial charge in [-0.25, -0.2) is 4.79 Å². The Kier molecular flexibility index (Phi) is 4.68. The first-order chi connectivity index (χ1) is 12.6. The number of nitrogens with one attached hydrogen (secondary N) is 1. The van der Waals surface area contributed by atoms with Crippen LogP contribution in [0.2, 0.25) is 10.0 Å². The van der Waals surface area contributed by atoms with Gasteiger partial charge in [0.05, 0.1) is 18.2 Å². The van der Waals surface area contributed by atoms with Crippen LogP contribution in [0.5, 0.6) is 0 Å². The van der Waals surface area contributed by atoms with Crippen LogP contribution >= 0.6 is 23.2 Å². The molecule has 1 heterocycles. The zero-order valence-corrected chi connectivity index (χ0v) is 15.8. The average molecular weight is 388 g/mol. The molecule has 0 aromatic heterocycles. The van der Waals surface area contributed by atoms with Crippen molar-refractivity contribution in [2.45, 2.75) is 25.3 Å². The summed E-state index contributed by atoms with van der Waals surface area (Å²) in [7, 11) is 0. The molecule has 5 heteroatoms. The summed E-state index contributed by atoms with van der Waals surface area (Å²) in [6.07, 6.45) is 5.40. The highest BCUT2D eigenvalue weighted by Crippen LogP contribution is 2.51. The maximum atomic E-state index is 12.1. The summed E-state index contributed by atoms with van der Waals surface area (Å²) < 4.78 is 5.14. The van der Waals surface area contributed by atoms with Crippen LogP contribution in [0.25, 0.3) is 0 Å². The molecule has 1 aliphatic heterocycles. The molecule has 0 saturated heterocycles. The predicted octanol–water partition coefficient (Wildman–Crippen LogP) is 6.00. The zero-order valence-electron chi connectivity index (χ0n) is 14.3. The largest absolute Gasteiger partial charge is 0.462 e. The number of allylic oxidation sites excluding steroid dienone is 2. The van der Waals surface area contributed by atoms with Crippen molar-refractivity contribution in [1.29, 1.82) is 0 Å². The van der Waals surface area contributed by atoms with E-state index in [9.17, 15) is 4.79 Å². The van der Waals surface area contributed by atoms with Crippen LogP contribution in [0.3, 0.4) is 0 Å². The van der Waals surface area contributed by atoms with E-state index in [4.69, 9.17) is 27.9 Å². The third kappa shape index (κ3) is 3.00. The third-order valence-corrected chi connectivity index (χ3v) is 5.73. The molecule has 1 aliphatic carbocycles. The fraction of sp³-hybridized carbons (Fsp3) is 0.286. The van der Waals surface area contributed by atoms with E-state index in [1.807, 2.05) is 37.3 Å². The number of carbonyl (C=O) groups is 1. The van der Waals surface area contributed by atoms with Crippen LogP contribution in [0.1, 0.15) is 46.8 Å². The fourth-order valence-corrected chi connectivity index (χ4v) is 4.52. The second kappa shape index (κ2) is 6.98. The zero-order chi connectivity index (χ0) is 18.3. The number of anilines is 1. The van der Waals surface area contributed by atoms with Gasteiger partial charge in [0.15, 0.2) is 0 Å². The summed E-state index contributed by atoms with van der Waals surface area (Å²) in [5, 5.41) is 4.93. The van der Waals surface area contributed by atoms with Crippen molar-refractivity contribution in [3.63, 3.8) is 0 Å². The molecule has 0 saturated carbocycles. The van der Waals surface area contributed by atoms with Crippen LogP contribution in [0.15, 0.2) is 48.6 Å². The number of rotatable bonds is 3. The first kappa shape index (κ1) is 17.4. The molecular weight excluding hydrogens is 369 g/mol. The topological polar surface area (TPSA) is 38.3 Å². The Morgan fingerprint density at radius 1 is 1.19 bits per heavy atom. The number of benzene rings is 2. The van der Waals surface area contributed by atoms with Crippen molar-refractivity contribution >= 4 is 34.9 Å². The Morgan fingerprint density at radius 3 is 2.81 bits per heavy atom. The highest BCUT2D eigenvalue weighted by atomic mass is 35.5. The van der Waals surface area contributed by atoms with Gasteiger partial charge in [-0.15, -0.1) is 0 Å². The van der Waals surface area contributed by atoms with E-state index in [0.717, 1.165) is 23.2 Å². The second-order valence-corrected chi connectivity index (χ2v) is 7.51. The molecule has 0 radical (unpaired) electrons. The van der Waals surface area contributed by atoms with Gasteiger partial charge in [0, 0.05) is 21.7 Å². The number of esters is 1. The SMILES string of the molecule is CCOC(=O)c1ccc2c(c1)[C@@H]1C=CC[C@H]1[C@@H](c1ccc(Cl)cc1Cl)N2. The summed E-state index contributed by atoms with van der Waals surface area (Å²) in [5.41, 5.74) is 3.81. The van der Waals surface area contributed by atoms with E-state index in [1.54, 1.807) is 6.07 Å². The van der Waals surface area contributed by atoms with Gasteiger partial charge in [0.1, 0.15) is 0 Å². The molecule has 1 N–H and O–H groups in total. The van der Waals surface area contributed by atoms with Crippen molar-refractivity contribution in [3.05, 3.63) is 75.3 Å². The van der Waals surface area contributed by atoms with E-state index in [1.165, 1.54) is 0 Å². The molecule has 3 atom stereocenters. The van der Waals surface area contributed by atoms with Crippen LogP contribution in [0, 0.1) is 5.92 Å². The molecule has 0 fully saturated rings. The average Bonchev–Trinajstić information content (AvgIpc) is 3.11. The molecule has 3 nitrogen and oxygen atoms in total. The van der Waals surface area contributed by atoms with Gasteiger partial charge in [0.25, 0.3) is 0 Å². The lowest BCUT2D eigenvalue weighted by atomic mass is 9.76. The van der Waals surface area contributed by atoms with E-state index in [0.29, 0.717) is 28.1 Å². The van der Waals surface area contributed by atoms with Gasteiger partial charge in [-0.3, -0.25) is 0 Å². The van der Waals surface area contributed by atoms with Crippen LogP contribution in [0.4, 0.5) is 5.69 Å². The molecule has 2 aliphatic rings. The summed E-state index contributed by atoms with van der Waals surface area (Å²) in [6, 6.07) is 11.5. The molecule has 134 valence electrons. The lowest BCUT2D eigenvalue weighted by molar-refractivity contribution is 0.0526. The highest BCUT2D eigenvalue weighted by Gasteiger charge is 2.38. The van der Waals surface area contributed by atoms with Gasteiger partial charge in [-0.05, 0) is 60.7 Å². The predicted molar refractivity (Wildman–Crippen MR) is 105 cm³/mol. The summed E-state index contributed by atoms with van der Waals surface area (Å²) >= 11 is 12.5. The van der Waals surface area contributed by atoms with Gasteiger partial charge in [0.2, 0.25) is 0 Å². The van der Waals surface area contributed by atoms with Crippen LogP contribution in [-0.2, 0) is 4.74 Å². The van der Waals surface area contributed by atoms with Crippen molar-refractivity contribution < 1.29 is 9.53 Å². The maximum Gasteiger partial charge on any atom is 0.338 e. The molecule has 4 rings (SSSR count). The van der Waals surface area contributed by atoms with Crippen molar-refractivity contribution in [2.24, 2.45) is 5.92 Å².